The van der Waals surface area contributed by atoms with Crippen molar-refractivity contribution in [3.05, 3.63) is 60.8 Å². The van der Waals surface area contributed by atoms with E-state index in [-0.39, 0.29) is 5.91 Å². The normalized spacial score (nSPS) is 12.5. The molecule has 0 aromatic heterocycles. The van der Waals surface area contributed by atoms with Gasteiger partial charge in [0.1, 0.15) is 0 Å². The van der Waals surface area contributed by atoms with Crippen molar-refractivity contribution in [2.75, 3.05) is 18.1 Å². The van der Waals surface area contributed by atoms with Crippen molar-refractivity contribution < 1.29 is 4.79 Å². The van der Waals surface area contributed by atoms with Crippen molar-refractivity contribution in [2.45, 2.75) is 71.6 Å². The van der Waals surface area contributed by atoms with Crippen molar-refractivity contribution in [2.24, 2.45) is 0 Å². The number of rotatable bonds is 18. The van der Waals surface area contributed by atoms with Gasteiger partial charge in [0.15, 0.2) is 0 Å². The molecule has 0 aliphatic carbocycles. The maximum absolute atomic E-state index is 11.4. The van der Waals surface area contributed by atoms with E-state index in [2.05, 4.69) is 79.9 Å². The number of nitrogens with one attached hydrogen (secondary N) is 1. The molecular weight excluding hydrogens is 362 g/mol. The standard InChI is InChI=1S/C25H41NOS/c1-3-5-6-7-8-9-10-11-12-13-14-15-16-17-18-19-20-21-23-28-24-25(27)26-22-4-2/h5-6,8-9,11-12,14-15,17-18H,3-4,7,10,13,16,19-24H2,1-2H3,(H,26,27)/b6-5-,9-8-,12-11-,15-14-,18-17-. The van der Waals surface area contributed by atoms with E-state index in [4.69, 9.17) is 0 Å². The largest absolute Gasteiger partial charge is 0.355 e. The van der Waals surface area contributed by atoms with E-state index in [1.54, 1.807) is 11.8 Å². The summed E-state index contributed by atoms with van der Waals surface area (Å²) >= 11 is 1.74. The number of hydrogen-bond acceptors (Lipinski definition) is 2. The molecule has 28 heavy (non-hydrogen) atoms. The van der Waals surface area contributed by atoms with Gasteiger partial charge in [-0.25, -0.2) is 0 Å². The van der Waals surface area contributed by atoms with Crippen molar-refractivity contribution >= 4 is 17.7 Å². The van der Waals surface area contributed by atoms with Gasteiger partial charge in [0.25, 0.3) is 0 Å². The van der Waals surface area contributed by atoms with E-state index in [0.717, 1.165) is 57.2 Å². The summed E-state index contributed by atoms with van der Waals surface area (Å²) in [6.07, 6.45) is 32.0. The summed E-state index contributed by atoms with van der Waals surface area (Å²) in [5, 5.41) is 2.91. The van der Waals surface area contributed by atoms with Crippen LogP contribution in [0.1, 0.15) is 71.6 Å². The maximum atomic E-state index is 11.4. The van der Waals surface area contributed by atoms with Crippen LogP contribution in [0, 0.1) is 0 Å². The van der Waals surface area contributed by atoms with Crippen molar-refractivity contribution in [1.82, 2.24) is 5.32 Å². The number of carbonyl (C=O) groups is 1. The molecule has 0 aromatic rings. The molecule has 0 radical (unpaired) electrons. The zero-order chi connectivity index (χ0) is 20.5. The number of carbonyl (C=O) groups excluding carboxylic acids is 1. The average molecular weight is 404 g/mol. The zero-order valence-electron chi connectivity index (χ0n) is 18.1. The second kappa shape index (κ2) is 23.6. The van der Waals surface area contributed by atoms with Crippen LogP contribution < -0.4 is 5.32 Å². The van der Waals surface area contributed by atoms with E-state index in [9.17, 15) is 4.79 Å². The summed E-state index contributed by atoms with van der Waals surface area (Å²) in [4.78, 5) is 11.4. The Bertz CT molecular complexity index is 489. The molecule has 1 amide bonds. The Labute approximate surface area is 178 Å². The smallest absolute Gasteiger partial charge is 0.229 e. The Balaban J connectivity index is 3.41. The highest BCUT2D eigenvalue weighted by Gasteiger charge is 1.99. The first-order valence-electron chi connectivity index (χ1n) is 10.9. The molecule has 0 bridgehead atoms. The summed E-state index contributed by atoms with van der Waals surface area (Å²) in [5.41, 5.74) is 0. The van der Waals surface area contributed by atoms with Gasteiger partial charge in [0, 0.05) is 6.54 Å². The van der Waals surface area contributed by atoms with Gasteiger partial charge in [-0.1, -0.05) is 74.6 Å². The fourth-order valence-corrected chi connectivity index (χ4v) is 3.16. The fourth-order valence-electron chi connectivity index (χ4n) is 2.32. The Kier molecular flexibility index (Phi) is 22.3. The van der Waals surface area contributed by atoms with E-state index in [0.29, 0.717) is 5.75 Å². The molecule has 0 aliphatic rings. The quantitative estimate of drug-likeness (QED) is 0.194. The molecular formula is C25H41NOS. The molecule has 0 heterocycles. The third-order valence-corrected chi connectivity index (χ3v) is 4.92. The zero-order valence-corrected chi connectivity index (χ0v) is 18.9. The molecule has 0 atom stereocenters. The van der Waals surface area contributed by atoms with Gasteiger partial charge < -0.3 is 5.32 Å². The minimum atomic E-state index is 0.171. The Hall–Kier alpha value is -1.48. The first-order chi connectivity index (χ1) is 13.8. The molecule has 158 valence electrons. The van der Waals surface area contributed by atoms with Crippen molar-refractivity contribution in [1.29, 1.82) is 0 Å². The topological polar surface area (TPSA) is 29.1 Å². The predicted octanol–water partition coefficient (Wildman–Crippen LogP) is 7.17. The van der Waals surface area contributed by atoms with Crippen LogP contribution in [0.15, 0.2) is 60.8 Å². The lowest BCUT2D eigenvalue weighted by Gasteiger charge is -2.02. The first kappa shape index (κ1) is 26.5. The number of amides is 1. The lowest BCUT2D eigenvalue weighted by molar-refractivity contribution is -0.118. The highest BCUT2D eigenvalue weighted by Crippen LogP contribution is 2.07. The Morgan fingerprint density at radius 2 is 1.29 bits per heavy atom. The summed E-state index contributed by atoms with van der Waals surface area (Å²) in [5.74, 6) is 1.84. The number of allylic oxidation sites excluding steroid dienone is 10. The molecule has 0 fully saturated rings. The van der Waals surface area contributed by atoms with Crippen LogP contribution in [0.2, 0.25) is 0 Å². The summed E-state index contributed by atoms with van der Waals surface area (Å²) in [6.45, 7) is 5.03. The van der Waals surface area contributed by atoms with Crippen molar-refractivity contribution in [3.63, 3.8) is 0 Å². The molecule has 0 aliphatic heterocycles. The number of thioether (sulfide) groups is 1. The van der Waals surface area contributed by atoms with Gasteiger partial charge in [-0.2, -0.15) is 11.8 Å². The molecule has 3 heteroatoms. The molecule has 2 nitrogen and oxygen atoms in total. The third kappa shape index (κ3) is 22.6. The van der Waals surface area contributed by atoms with Gasteiger partial charge >= 0.3 is 0 Å². The lowest BCUT2D eigenvalue weighted by Crippen LogP contribution is -2.25. The van der Waals surface area contributed by atoms with Gasteiger partial charge in [-0.3, -0.25) is 4.79 Å². The molecule has 0 saturated carbocycles. The fraction of sp³-hybridized carbons (Fsp3) is 0.560. The monoisotopic (exact) mass is 403 g/mol. The van der Waals surface area contributed by atoms with E-state index >= 15 is 0 Å². The van der Waals surface area contributed by atoms with E-state index in [1.165, 1.54) is 12.8 Å². The Morgan fingerprint density at radius 3 is 1.82 bits per heavy atom. The van der Waals surface area contributed by atoms with E-state index < -0.39 is 0 Å². The second-order valence-corrected chi connectivity index (χ2v) is 7.71. The molecule has 1 N–H and O–H groups in total. The van der Waals surface area contributed by atoms with Crippen LogP contribution in [-0.2, 0) is 4.79 Å². The third-order valence-electron chi connectivity index (χ3n) is 3.87. The molecule has 0 spiro atoms. The van der Waals surface area contributed by atoms with Crippen LogP contribution in [-0.4, -0.2) is 24.0 Å². The van der Waals surface area contributed by atoms with Crippen LogP contribution in [0.3, 0.4) is 0 Å². The van der Waals surface area contributed by atoms with Crippen LogP contribution in [0.4, 0.5) is 0 Å². The summed E-state index contributed by atoms with van der Waals surface area (Å²) in [6, 6.07) is 0. The SMILES string of the molecule is CC/C=C\C/C=C\C/C=C\C/C=C\C/C=C\CCCCSCC(=O)NCCC. The molecule has 0 aromatic carbocycles. The van der Waals surface area contributed by atoms with Gasteiger partial charge in [-0.05, 0) is 63.5 Å². The van der Waals surface area contributed by atoms with Crippen molar-refractivity contribution in [3.8, 4) is 0 Å². The molecule has 0 unspecified atom stereocenters. The minimum Gasteiger partial charge on any atom is -0.355 e. The van der Waals surface area contributed by atoms with Crippen LogP contribution in [0.5, 0.6) is 0 Å². The van der Waals surface area contributed by atoms with Gasteiger partial charge in [0.05, 0.1) is 5.75 Å². The van der Waals surface area contributed by atoms with Crippen LogP contribution >= 0.6 is 11.8 Å². The van der Waals surface area contributed by atoms with Gasteiger partial charge in [-0.15, -0.1) is 0 Å². The molecule has 0 saturated heterocycles. The predicted molar refractivity (Wildman–Crippen MR) is 129 cm³/mol. The highest BCUT2D eigenvalue weighted by atomic mass is 32.2. The minimum absolute atomic E-state index is 0.171. The van der Waals surface area contributed by atoms with Crippen LogP contribution in [0.25, 0.3) is 0 Å². The average Bonchev–Trinajstić information content (AvgIpc) is 2.70. The second-order valence-electron chi connectivity index (χ2n) is 6.61. The summed E-state index contributed by atoms with van der Waals surface area (Å²) in [7, 11) is 0. The summed E-state index contributed by atoms with van der Waals surface area (Å²) < 4.78 is 0. The number of unbranched alkanes of at least 4 members (excludes halogenated alkanes) is 2. The highest BCUT2D eigenvalue weighted by molar-refractivity contribution is 7.99. The lowest BCUT2D eigenvalue weighted by atomic mass is 10.2. The molecule has 0 rings (SSSR count). The first-order valence-corrected chi connectivity index (χ1v) is 12.1. The maximum Gasteiger partial charge on any atom is 0.229 e. The van der Waals surface area contributed by atoms with Gasteiger partial charge in [0.2, 0.25) is 5.91 Å². The number of hydrogen-bond donors (Lipinski definition) is 1. The Morgan fingerprint density at radius 1 is 0.750 bits per heavy atom. The van der Waals surface area contributed by atoms with E-state index in [1.807, 2.05) is 0 Å².